The Morgan fingerprint density at radius 3 is 2.00 bits per heavy atom. The maximum atomic E-state index is 12.6. The van der Waals surface area contributed by atoms with E-state index in [1.807, 2.05) is 0 Å². The fourth-order valence-electron chi connectivity index (χ4n) is 2.32. The largest absolute Gasteiger partial charge is 0.480 e. The number of thiol groups is 1. The minimum atomic E-state index is -1.26. The highest BCUT2D eigenvalue weighted by Gasteiger charge is 2.28. The second-order valence-electron chi connectivity index (χ2n) is 6.93. The van der Waals surface area contributed by atoms with Gasteiger partial charge in [-0.05, 0) is 26.2 Å². The van der Waals surface area contributed by atoms with Crippen molar-refractivity contribution in [1.29, 1.82) is 0 Å². The van der Waals surface area contributed by atoms with Crippen molar-refractivity contribution in [2.45, 2.75) is 56.8 Å². The average Bonchev–Trinajstić information content (AvgIpc) is 2.71. The minimum Gasteiger partial charge on any atom is -0.480 e. The van der Waals surface area contributed by atoms with Crippen LogP contribution in [0.15, 0.2) is 4.99 Å². The number of nitrogens with zero attached hydrogens (tertiary/aromatic N) is 1. The Hall–Kier alpha value is -3.07. The van der Waals surface area contributed by atoms with E-state index in [-0.39, 0.29) is 37.5 Å². The summed E-state index contributed by atoms with van der Waals surface area (Å²) in [7, 11) is 0. The summed E-state index contributed by atoms with van der Waals surface area (Å²) in [4.78, 5) is 62.9. The van der Waals surface area contributed by atoms with Crippen molar-refractivity contribution >= 4 is 48.2 Å². The number of carbonyl (C=O) groups is 5. The zero-order valence-electron chi connectivity index (χ0n) is 17.7. The number of aliphatic imine (C=N–C) groups is 1. The van der Waals surface area contributed by atoms with E-state index in [0.29, 0.717) is 6.42 Å². The number of hydrogen-bond acceptors (Lipinski definition) is 8. The molecule has 0 aromatic heterocycles. The zero-order valence-corrected chi connectivity index (χ0v) is 18.6. The van der Waals surface area contributed by atoms with E-state index >= 15 is 0 Å². The lowest BCUT2D eigenvalue weighted by molar-refractivity contribution is -0.141. The molecule has 0 bridgehead atoms. The first kappa shape index (κ1) is 28.9. The normalized spacial score (nSPS) is 14.2. The molecular formula is C17H32N8O6S. The van der Waals surface area contributed by atoms with Gasteiger partial charge in [0.25, 0.3) is 0 Å². The molecule has 0 saturated heterocycles. The molecular weight excluding hydrogens is 444 g/mol. The minimum absolute atomic E-state index is 0.00895. The van der Waals surface area contributed by atoms with Crippen LogP contribution in [0.3, 0.4) is 0 Å². The monoisotopic (exact) mass is 476 g/mol. The molecule has 0 rings (SSSR count). The van der Waals surface area contributed by atoms with Gasteiger partial charge in [0.2, 0.25) is 23.6 Å². The van der Waals surface area contributed by atoms with Crippen LogP contribution in [0, 0.1) is 0 Å². The summed E-state index contributed by atoms with van der Waals surface area (Å²) in [6.45, 7) is 1.45. The number of nitrogens with one attached hydrogen (secondary N) is 3. The van der Waals surface area contributed by atoms with Gasteiger partial charge in [-0.2, -0.15) is 12.6 Å². The molecule has 0 spiro atoms. The van der Waals surface area contributed by atoms with Crippen LogP contribution in [0.1, 0.15) is 32.6 Å². The van der Waals surface area contributed by atoms with Crippen LogP contribution >= 0.6 is 12.6 Å². The quantitative estimate of drug-likeness (QED) is 0.0483. The molecule has 0 radical (unpaired) electrons. The number of carboxylic acid groups (broad SMARTS) is 1. The van der Waals surface area contributed by atoms with Gasteiger partial charge in [0.1, 0.15) is 18.1 Å². The van der Waals surface area contributed by atoms with Crippen LogP contribution in [0.25, 0.3) is 0 Å². The highest BCUT2D eigenvalue weighted by atomic mass is 32.1. The van der Waals surface area contributed by atoms with Gasteiger partial charge in [-0.15, -0.1) is 0 Å². The summed E-state index contributed by atoms with van der Waals surface area (Å²) in [5.41, 5.74) is 21.2. The lowest BCUT2D eigenvalue weighted by Crippen LogP contribution is -2.57. The van der Waals surface area contributed by atoms with Gasteiger partial charge in [0.05, 0.1) is 6.04 Å². The Bertz CT molecular complexity index is 715. The van der Waals surface area contributed by atoms with Crippen molar-refractivity contribution < 1.29 is 29.1 Å². The van der Waals surface area contributed by atoms with E-state index in [1.54, 1.807) is 0 Å². The zero-order chi connectivity index (χ0) is 24.8. The van der Waals surface area contributed by atoms with Crippen molar-refractivity contribution in [1.82, 2.24) is 16.0 Å². The van der Waals surface area contributed by atoms with E-state index in [9.17, 15) is 24.0 Å². The van der Waals surface area contributed by atoms with Crippen LogP contribution < -0.4 is 38.9 Å². The summed E-state index contributed by atoms with van der Waals surface area (Å²) >= 11 is 4.03. The van der Waals surface area contributed by atoms with Crippen molar-refractivity contribution in [3.63, 3.8) is 0 Å². The molecule has 0 fully saturated rings. The molecule has 0 aromatic rings. The molecule has 0 heterocycles. The van der Waals surface area contributed by atoms with Gasteiger partial charge in [0.15, 0.2) is 5.96 Å². The van der Waals surface area contributed by atoms with Gasteiger partial charge in [-0.25, -0.2) is 0 Å². The summed E-state index contributed by atoms with van der Waals surface area (Å²) in [5.74, 6) is -4.31. The second-order valence-corrected chi connectivity index (χ2v) is 7.30. The summed E-state index contributed by atoms with van der Waals surface area (Å²) in [6.07, 6.45) is 0.275. The van der Waals surface area contributed by atoms with E-state index in [2.05, 4.69) is 33.6 Å². The first-order valence-electron chi connectivity index (χ1n) is 9.73. The standard InChI is InChI=1S/C17H32N8O6S/c1-8(16(30)31)23-14(28)10(3-2-6-22-17(20)21)24-15(29)11(7-32)25-13(27)9(18)4-5-12(19)26/h8-11,32H,2-7,18H2,1H3,(H2,19,26)(H,23,28)(H,24,29)(H,25,27)(H,30,31)(H4,20,21,22). The topological polar surface area (TPSA) is 258 Å². The molecule has 182 valence electrons. The van der Waals surface area contributed by atoms with Gasteiger partial charge < -0.3 is 44.0 Å². The van der Waals surface area contributed by atoms with Gasteiger partial charge in [-0.1, -0.05) is 0 Å². The van der Waals surface area contributed by atoms with Crippen LogP contribution in [-0.4, -0.2) is 77.1 Å². The predicted octanol–water partition coefficient (Wildman–Crippen LogP) is -3.88. The number of carboxylic acids is 1. The third-order valence-corrected chi connectivity index (χ3v) is 4.53. The predicted molar refractivity (Wildman–Crippen MR) is 119 cm³/mol. The Morgan fingerprint density at radius 2 is 1.50 bits per heavy atom. The van der Waals surface area contributed by atoms with E-state index in [0.717, 1.165) is 0 Å². The number of rotatable bonds is 15. The van der Waals surface area contributed by atoms with Gasteiger partial charge in [-0.3, -0.25) is 29.0 Å². The lowest BCUT2D eigenvalue weighted by Gasteiger charge is -2.24. The Labute approximate surface area is 190 Å². The summed E-state index contributed by atoms with van der Waals surface area (Å²) in [6, 6.07) is -4.53. The van der Waals surface area contributed by atoms with Crippen LogP contribution in [0.5, 0.6) is 0 Å². The Kier molecular flexibility index (Phi) is 13.4. The van der Waals surface area contributed by atoms with Gasteiger partial charge in [0, 0.05) is 18.7 Å². The van der Waals surface area contributed by atoms with Crippen LogP contribution in [0.4, 0.5) is 0 Å². The Morgan fingerprint density at radius 1 is 0.938 bits per heavy atom. The maximum absolute atomic E-state index is 12.6. The fourth-order valence-corrected chi connectivity index (χ4v) is 2.58. The molecule has 4 amide bonds. The molecule has 0 aliphatic carbocycles. The molecule has 0 aromatic carbocycles. The van der Waals surface area contributed by atoms with Crippen molar-refractivity contribution in [3.05, 3.63) is 0 Å². The van der Waals surface area contributed by atoms with Crippen LogP contribution in [-0.2, 0) is 24.0 Å². The third kappa shape index (κ3) is 11.9. The first-order valence-corrected chi connectivity index (χ1v) is 10.4. The number of amides is 4. The summed E-state index contributed by atoms with van der Waals surface area (Å²) < 4.78 is 0. The molecule has 0 aliphatic rings. The smallest absolute Gasteiger partial charge is 0.325 e. The van der Waals surface area contributed by atoms with Crippen LogP contribution in [0.2, 0.25) is 0 Å². The van der Waals surface area contributed by atoms with Crippen molar-refractivity contribution in [2.24, 2.45) is 27.9 Å². The number of primary amides is 1. The van der Waals surface area contributed by atoms with Crippen molar-refractivity contribution in [3.8, 4) is 0 Å². The molecule has 4 atom stereocenters. The van der Waals surface area contributed by atoms with Crippen molar-refractivity contribution in [2.75, 3.05) is 12.3 Å². The first-order chi connectivity index (χ1) is 14.9. The third-order valence-electron chi connectivity index (χ3n) is 4.16. The highest BCUT2D eigenvalue weighted by molar-refractivity contribution is 7.80. The number of guanidine groups is 1. The molecule has 15 heteroatoms. The Balaban J connectivity index is 5.16. The number of nitrogens with two attached hydrogens (primary N) is 4. The summed E-state index contributed by atoms with van der Waals surface area (Å²) in [5, 5.41) is 16.1. The fraction of sp³-hybridized carbons (Fsp3) is 0.647. The van der Waals surface area contributed by atoms with E-state index in [4.69, 9.17) is 28.0 Å². The maximum Gasteiger partial charge on any atom is 0.325 e. The SMILES string of the molecule is CC(NC(=O)C(CCCN=C(N)N)NC(=O)C(CS)NC(=O)C(N)CCC(N)=O)C(=O)O. The molecule has 0 aliphatic heterocycles. The molecule has 12 N–H and O–H groups in total. The highest BCUT2D eigenvalue weighted by Crippen LogP contribution is 2.02. The molecule has 4 unspecified atom stereocenters. The van der Waals surface area contributed by atoms with E-state index in [1.165, 1.54) is 6.92 Å². The second kappa shape index (κ2) is 14.9. The molecule has 32 heavy (non-hydrogen) atoms. The lowest BCUT2D eigenvalue weighted by atomic mass is 10.1. The van der Waals surface area contributed by atoms with Gasteiger partial charge >= 0.3 is 5.97 Å². The molecule has 0 saturated carbocycles. The average molecular weight is 477 g/mol. The molecule has 14 nitrogen and oxygen atoms in total. The number of aliphatic carboxylic acids is 1. The van der Waals surface area contributed by atoms with E-state index < -0.39 is 53.8 Å². The number of hydrogen-bond donors (Lipinski definition) is 9. The number of carbonyl (C=O) groups excluding carboxylic acids is 4.